The van der Waals surface area contributed by atoms with E-state index in [1.165, 1.54) is 29.0 Å². The Bertz CT molecular complexity index is 961. The van der Waals surface area contributed by atoms with E-state index in [4.69, 9.17) is 16.7 Å². The van der Waals surface area contributed by atoms with Gasteiger partial charge in [0.2, 0.25) is 0 Å². The zero-order valence-corrected chi connectivity index (χ0v) is 16.7. The molecule has 0 aliphatic carbocycles. The highest BCUT2D eigenvalue weighted by Gasteiger charge is 2.29. The van der Waals surface area contributed by atoms with Gasteiger partial charge in [0.15, 0.2) is 0 Å². The molecular weight excluding hydrogens is 360 g/mol. The summed E-state index contributed by atoms with van der Waals surface area (Å²) >= 11 is 6.15. The third-order valence-corrected chi connectivity index (χ3v) is 5.18. The average Bonchev–Trinajstić information content (AvgIpc) is 2.60. The third-order valence-electron chi connectivity index (χ3n) is 4.86. The SMILES string of the molecule is CCN1c2ccc(C=Nc3cc(C(=O)O)ccc3Cl)cc2C(C)=CC1(C)C. The predicted molar refractivity (Wildman–Crippen MR) is 113 cm³/mol. The normalized spacial score (nSPS) is 15.6. The van der Waals surface area contributed by atoms with Crippen LogP contribution in [0.25, 0.3) is 5.57 Å². The summed E-state index contributed by atoms with van der Waals surface area (Å²) in [6.45, 7) is 9.65. The van der Waals surface area contributed by atoms with Crippen molar-refractivity contribution >= 4 is 40.7 Å². The van der Waals surface area contributed by atoms with E-state index in [1.54, 1.807) is 12.3 Å². The Labute approximate surface area is 164 Å². The molecule has 0 fully saturated rings. The molecular formula is C22H23ClN2O2. The summed E-state index contributed by atoms with van der Waals surface area (Å²) < 4.78 is 0. The fraction of sp³-hybridized carbons (Fsp3) is 0.273. The number of nitrogens with zero attached hydrogens (tertiary/aromatic N) is 2. The van der Waals surface area contributed by atoms with Crippen molar-refractivity contribution in [3.63, 3.8) is 0 Å². The maximum atomic E-state index is 11.1. The first-order valence-corrected chi connectivity index (χ1v) is 9.29. The number of halogens is 1. The number of allylic oxidation sites excluding steroid dienone is 1. The van der Waals surface area contributed by atoms with Crippen LogP contribution < -0.4 is 4.90 Å². The number of aromatic carboxylic acids is 1. The lowest BCUT2D eigenvalue weighted by atomic mass is 9.88. The summed E-state index contributed by atoms with van der Waals surface area (Å²) in [6, 6.07) is 10.8. The van der Waals surface area contributed by atoms with Crippen molar-refractivity contribution in [2.75, 3.05) is 11.4 Å². The molecule has 0 amide bonds. The first kappa shape index (κ1) is 19.2. The molecule has 0 radical (unpaired) electrons. The molecule has 0 atom stereocenters. The number of anilines is 1. The molecule has 1 heterocycles. The second-order valence-electron chi connectivity index (χ2n) is 7.23. The van der Waals surface area contributed by atoms with Crippen LogP contribution in [0.15, 0.2) is 47.5 Å². The van der Waals surface area contributed by atoms with Gasteiger partial charge in [0.05, 0.1) is 21.8 Å². The summed E-state index contributed by atoms with van der Waals surface area (Å²) in [6.07, 6.45) is 4.00. The topological polar surface area (TPSA) is 52.9 Å². The predicted octanol–water partition coefficient (Wildman–Crippen LogP) is 5.81. The molecule has 1 aliphatic heterocycles. The van der Waals surface area contributed by atoms with Crippen molar-refractivity contribution in [2.24, 2.45) is 4.99 Å². The van der Waals surface area contributed by atoms with E-state index in [9.17, 15) is 4.79 Å². The molecule has 27 heavy (non-hydrogen) atoms. The Morgan fingerprint density at radius 2 is 2.00 bits per heavy atom. The number of benzene rings is 2. The van der Waals surface area contributed by atoms with Crippen LogP contribution in [0.5, 0.6) is 0 Å². The largest absolute Gasteiger partial charge is 0.478 e. The number of likely N-dealkylation sites (N-methyl/N-ethyl adjacent to an activating group) is 1. The molecule has 0 spiro atoms. The van der Waals surface area contributed by atoms with Gasteiger partial charge in [-0.1, -0.05) is 23.7 Å². The number of fused-ring (bicyclic) bond motifs is 1. The smallest absolute Gasteiger partial charge is 0.335 e. The quantitative estimate of drug-likeness (QED) is 0.679. The van der Waals surface area contributed by atoms with Crippen LogP contribution in [-0.4, -0.2) is 29.4 Å². The van der Waals surface area contributed by atoms with Crippen LogP contribution in [0, 0.1) is 0 Å². The van der Waals surface area contributed by atoms with E-state index in [2.05, 4.69) is 55.8 Å². The Morgan fingerprint density at radius 3 is 2.67 bits per heavy atom. The molecule has 5 heteroatoms. The van der Waals surface area contributed by atoms with Gasteiger partial charge < -0.3 is 10.0 Å². The molecule has 1 N–H and O–H groups in total. The van der Waals surface area contributed by atoms with E-state index >= 15 is 0 Å². The molecule has 140 valence electrons. The molecule has 0 bridgehead atoms. The second kappa shape index (κ2) is 7.20. The van der Waals surface area contributed by atoms with E-state index < -0.39 is 5.97 Å². The van der Waals surface area contributed by atoms with E-state index in [0.717, 1.165) is 12.1 Å². The Kier molecular flexibility index (Phi) is 5.11. The standard InChI is InChI=1S/C22H23ClN2O2/c1-5-25-20-9-6-15(10-17(20)14(2)12-22(25,3)4)13-24-19-11-16(21(26)27)7-8-18(19)23/h6-13H,5H2,1-4H3,(H,26,27). The fourth-order valence-corrected chi connectivity index (χ4v) is 3.81. The first-order valence-electron chi connectivity index (χ1n) is 8.91. The highest BCUT2D eigenvalue weighted by molar-refractivity contribution is 6.33. The molecule has 0 aromatic heterocycles. The number of carbonyl (C=O) groups is 1. The monoisotopic (exact) mass is 382 g/mol. The third kappa shape index (κ3) is 3.76. The number of rotatable bonds is 4. The zero-order valence-electron chi connectivity index (χ0n) is 16.0. The van der Waals surface area contributed by atoms with Gasteiger partial charge in [-0.25, -0.2) is 4.79 Å². The Morgan fingerprint density at radius 1 is 1.26 bits per heavy atom. The maximum Gasteiger partial charge on any atom is 0.335 e. The van der Waals surface area contributed by atoms with E-state index in [0.29, 0.717) is 10.7 Å². The molecule has 2 aromatic rings. The van der Waals surface area contributed by atoms with Crippen molar-refractivity contribution in [2.45, 2.75) is 33.2 Å². The van der Waals surface area contributed by atoms with Crippen molar-refractivity contribution in [1.29, 1.82) is 0 Å². The zero-order chi connectivity index (χ0) is 19.8. The Balaban J connectivity index is 1.97. The molecule has 0 saturated carbocycles. The van der Waals surface area contributed by atoms with Gasteiger partial charge in [-0.2, -0.15) is 0 Å². The molecule has 3 rings (SSSR count). The van der Waals surface area contributed by atoms with Crippen LogP contribution in [0.4, 0.5) is 11.4 Å². The lowest BCUT2D eigenvalue weighted by Crippen LogP contribution is -2.44. The summed E-state index contributed by atoms with van der Waals surface area (Å²) in [4.78, 5) is 17.9. The molecule has 0 saturated heterocycles. The number of hydrogen-bond acceptors (Lipinski definition) is 3. The fourth-order valence-electron chi connectivity index (χ4n) is 3.65. The first-order chi connectivity index (χ1) is 12.7. The number of carboxylic acid groups (broad SMARTS) is 1. The van der Waals surface area contributed by atoms with Crippen molar-refractivity contribution < 1.29 is 9.90 Å². The number of carboxylic acids is 1. The van der Waals surface area contributed by atoms with Gasteiger partial charge in [0.25, 0.3) is 0 Å². The van der Waals surface area contributed by atoms with E-state index in [-0.39, 0.29) is 11.1 Å². The van der Waals surface area contributed by atoms with Crippen LogP contribution >= 0.6 is 11.6 Å². The minimum atomic E-state index is -1.00. The number of aliphatic imine (C=N–C) groups is 1. The second-order valence-corrected chi connectivity index (χ2v) is 7.64. The highest BCUT2D eigenvalue weighted by Crippen LogP contribution is 2.39. The van der Waals surface area contributed by atoms with Gasteiger partial charge in [0, 0.05) is 24.0 Å². The van der Waals surface area contributed by atoms with Crippen LogP contribution in [0.3, 0.4) is 0 Å². The van der Waals surface area contributed by atoms with Gasteiger partial charge in [-0.05, 0) is 69.2 Å². The lowest BCUT2D eigenvalue weighted by Gasteiger charge is -2.42. The van der Waals surface area contributed by atoms with Gasteiger partial charge in [-0.15, -0.1) is 0 Å². The molecule has 0 unspecified atom stereocenters. The molecule has 1 aliphatic rings. The van der Waals surface area contributed by atoms with Crippen LogP contribution in [-0.2, 0) is 0 Å². The lowest BCUT2D eigenvalue weighted by molar-refractivity contribution is 0.0697. The van der Waals surface area contributed by atoms with Crippen LogP contribution in [0.1, 0.15) is 49.2 Å². The van der Waals surface area contributed by atoms with Crippen LogP contribution in [0.2, 0.25) is 5.02 Å². The summed E-state index contributed by atoms with van der Waals surface area (Å²) in [7, 11) is 0. The number of hydrogen-bond donors (Lipinski definition) is 1. The minimum absolute atomic E-state index is 0.0216. The van der Waals surface area contributed by atoms with Gasteiger partial charge >= 0.3 is 5.97 Å². The molecule has 2 aromatic carbocycles. The summed E-state index contributed by atoms with van der Waals surface area (Å²) in [5.41, 5.74) is 5.16. The molecule has 4 nitrogen and oxygen atoms in total. The maximum absolute atomic E-state index is 11.1. The van der Waals surface area contributed by atoms with Crippen molar-refractivity contribution in [3.05, 3.63) is 64.2 Å². The highest BCUT2D eigenvalue weighted by atomic mass is 35.5. The van der Waals surface area contributed by atoms with E-state index in [1.807, 2.05) is 6.07 Å². The van der Waals surface area contributed by atoms with Gasteiger partial charge in [-0.3, -0.25) is 4.99 Å². The average molecular weight is 383 g/mol. The van der Waals surface area contributed by atoms with Crippen molar-refractivity contribution in [3.8, 4) is 0 Å². The minimum Gasteiger partial charge on any atom is -0.478 e. The summed E-state index contributed by atoms with van der Waals surface area (Å²) in [5, 5.41) is 9.55. The van der Waals surface area contributed by atoms with Crippen molar-refractivity contribution in [1.82, 2.24) is 0 Å². The van der Waals surface area contributed by atoms with Gasteiger partial charge in [0.1, 0.15) is 0 Å². The Hall–Kier alpha value is -2.59. The summed E-state index contributed by atoms with van der Waals surface area (Å²) in [5.74, 6) is -1.00.